The Bertz CT molecular complexity index is 714. The summed E-state index contributed by atoms with van der Waals surface area (Å²) in [5.74, 6) is 0.283. The Labute approximate surface area is 134 Å². The topological polar surface area (TPSA) is 17.1 Å². The van der Waals surface area contributed by atoms with Crippen LogP contribution in [0.25, 0.3) is 11.1 Å². The number of fused-ring (bicyclic) bond motifs is 1. The Morgan fingerprint density at radius 3 is 2.09 bits per heavy atom. The zero-order chi connectivity index (χ0) is 16.6. The van der Waals surface area contributed by atoms with Gasteiger partial charge in [-0.2, -0.15) is 0 Å². The number of allylic oxidation sites excluding steroid dienone is 4. The highest BCUT2D eigenvalue weighted by atomic mass is 16.1. The van der Waals surface area contributed by atoms with Gasteiger partial charge >= 0.3 is 0 Å². The number of rotatable bonds is 3. The number of hydrogen-bond donors (Lipinski definition) is 0. The zero-order valence-corrected chi connectivity index (χ0v) is 14.5. The van der Waals surface area contributed by atoms with Crippen LogP contribution in [0.1, 0.15) is 59.6 Å². The van der Waals surface area contributed by atoms with Gasteiger partial charge in [0, 0.05) is 12.8 Å². The third-order valence-electron chi connectivity index (χ3n) is 5.11. The van der Waals surface area contributed by atoms with E-state index < -0.39 is 0 Å². The van der Waals surface area contributed by atoms with Gasteiger partial charge < -0.3 is 0 Å². The summed E-state index contributed by atoms with van der Waals surface area (Å²) in [5.41, 5.74) is 10.8. The number of carbonyl (C=O) groups excluding carboxylic acids is 1. The third-order valence-corrected chi connectivity index (χ3v) is 5.11. The molecule has 2 rings (SSSR count). The van der Waals surface area contributed by atoms with Crippen LogP contribution in [0.5, 0.6) is 0 Å². The molecule has 0 spiro atoms. The largest absolute Gasteiger partial charge is 0.299 e. The maximum atomic E-state index is 12.0. The molecule has 22 heavy (non-hydrogen) atoms. The number of Topliss-reactive ketones (excluding diaryl/α,β-unsaturated/α-hetero) is 1. The van der Waals surface area contributed by atoms with Crippen LogP contribution in [0.3, 0.4) is 0 Å². The van der Waals surface area contributed by atoms with Gasteiger partial charge in [0.1, 0.15) is 5.78 Å². The van der Waals surface area contributed by atoms with Crippen molar-refractivity contribution in [2.24, 2.45) is 0 Å². The Kier molecular flexibility index (Phi) is 4.55. The van der Waals surface area contributed by atoms with E-state index >= 15 is 0 Å². The van der Waals surface area contributed by atoms with Crippen molar-refractivity contribution in [2.75, 3.05) is 0 Å². The van der Waals surface area contributed by atoms with E-state index in [2.05, 4.69) is 46.9 Å². The van der Waals surface area contributed by atoms with Gasteiger partial charge in [0.05, 0.1) is 0 Å². The molecule has 0 heterocycles. The third kappa shape index (κ3) is 2.61. The Morgan fingerprint density at radius 1 is 1.00 bits per heavy atom. The van der Waals surface area contributed by atoms with Crippen LogP contribution < -0.4 is 0 Å². The molecule has 0 N–H and O–H groups in total. The van der Waals surface area contributed by atoms with Crippen LogP contribution in [0.4, 0.5) is 0 Å². The van der Waals surface area contributed by atoms with E-state index in [0.29, 0.717) is 12.8 Å². The summed E-state index contributed by atoms with van der Waals surface area (Å²) < 4.78 is 0. The number of hydrogen-bond acceptors (Lipinski definition) is 1. The average Bonchev–Trinajstić information content (AvgIpc) is 2.62. The normalized spacial score (nSPS) is 14.5. The van der Waals surface area contributed by atoms with Gasteiger partial charge in [-0.15, -0.1) is 0 Å². The number of ketones is 1. The van der Waals surface area contributed by atoms with Crippen molar-refractivity contribution < 1.29 is 4.79 Å². The molecule has 0 saturated heterocycles. The van der Waals surface area contributed by atoms with Crippen molar-refractivity contribution >= 4 is 16.9 Å². The molecule has 1 aromatic carbocycles. The highest BCUT2D eigenvalue weighted by molar-refractivity contribution is 5.97. The van der Waals surface area contributed by atoms with Gasteiger partial charge in [0.25, 0.3) is 0 Å². The van der Waals surface area contributed by atoms with E-state index in [1.165, 1.54) is 33.4 Å². The Hall–Kier alpha value is -1.89. The van der Waals surface area contributed by atoms with Gasteiger partial charge in [-0.25, -0.2) is 0 Å². The lowest BCUT2D eigenvalue weighted by Crippen LogP contribution is -2.06. The Morgan fingerprint density at radius 2 is 1.55 bits per heavy atom. The van der Waals surface area contributed by atoms with Gasteiger partial charge in [0.2, 0.25) is 0 Å². The fourth-order valence-electron chi connectivity index (χ4n) is 3.24. The van der Waals surface area contributed by atoms with Crippen molar-refractivity contribution in [3.63, 3.8) is 0 Å². The van der Waals surface area contributed by atoms with Crippen molar-refractivity contribution in [3.05, 3.63) is 58.2 Å². The molecular weight excluding hydrogens is 268 g/mol. The van der Waals surface area contributed by atoms with Crippen molar-refractivity contribution in [3.8, 4) is 0 Å². The van der Waals surface area contributed by atoms with E-state index in [1.54, 1.807) is 0 Å². The predicted molar refractivity (Wildman–Crippen MR) is 96.1 cm³/mol. The quantitative estimate of drug-likeness (QED) is 0.704. The van der Waals surface area contributed by atoms with Crippen LogP contribution in [-0.4, -0.2) is 5.78 Å². The van der Waals surface area contributed by atoms with Crippen LogP contribution in [0, 0.1) is 27.7 Å². The maximum absolute atomic E-state index is 12.0. The first-order valence-corrected chi connectivity index (χ1v) is 7.98. The molecule has 0 atom stereocenters. The molecule has 116 valence electrons. The lowest BCUT2D eigenvalue weighted by Gasteiger charge is -2.22. The second-order valence-electron chi connectivity index (χ2n) is 6.33. The molecule has 0 fully saturated rings. The minimum absolute atomic E-state index is 0.283. The molecule has 0 aromatic heterocycles. The van der Waals surface area contributed by atoms with E-state index in [0.717, 1.165) is 23.1 Å². The minimum Gasteiger partial charge on any atom is -0.299 e. The molecule has 0 saturated carbocycles. The molecular formula is C21H26O. The molecule has 0 bridgehead atoms. The maximum Gasteiger partial charge on any atom is 0.137 e. The van der Waals surface area contributed by atoms with E-state index in [1.807, 2.05) is 6.92 Å². The number of carbonyl (C=O) groups is 1. The number of benzene rings is 1. The molecule has 1 heteroatoms. The summed E-state index contributed by atoms with van der Waals surface area (Å²) in [6.07, 6.45) is 4.04. The van der Waals surface area contributed by atoms with Crippen LogP contribution in [0.2, 0.25) is 0 Å². The van der Waals surface area contributed by atoms with Gasteiger partial charge in [-0.3, -0.25) is 4.79 Å². The lowest BCUT2D eigenvalue weighted by atomic mass is 9.82. The molecule has 0 radical (unpaired) electrons. The molecule has 1 aromatic rings. The Balaban J connectivity index is 2.79. The second-order valence-corrected chi connectivity index (χ2v) is 6.33. The summed E-state index contributed by atoms with van der Waals surface area (Å²) in [6, 6.07) is 0. The fourth-order valence-corrected chi connectivity index (χ4v) is 3.24. The molecule has 0 amide bonds. The smallest absolute Gasteiger partial charge is 0.137 e. The van der Waals surface area contributed by atoms with Crippen molar-refractivity contribution in [1.29, 1.82) is 0 Å². The van der Waals surface area contributed by atoms with E-state index in [4.69, 9.17) is 0 Å². The molecule has 0 unspecified atom stereocenters. The van der Waals surface area contributed by atoms with Crippen molar-refractivity contribution in [2.45, 2.75) is 53.9 Å². The van der Waals surface area contributed by atoms with E-state index in [-0.39, 0.29) is 5.78 Å². The highest BCUT2D eigenvalue weighted by Crippen LogP contribution is 2.41. The van der Waals surface area contributed by atoms with Gasteiger partial charge in [0.15, 0.2) is 0 Å². The summed E-state index contributed by atoms with van der Waals surface area (Å²) in [6.45, 7) is 19.0. The molecule has 1 nitrogen and oxygen atoms in total. The van der Waals surface area contributed by atoms with Gasteiger partial charge in [-0.1, -0.05) is 26.2 Å². The standard InChI is InChI=1S/C21H26O/c1-8-19(22)11-18-10-9-12(2)13(3)20-16(6)14(4)15(5)17(7)21(18)20/h10H,2-3,8-9,11H2,1,4-7H3. The van der Waals surface area contributed by atoms with Crippen LogP contribution in [-0.2, 0) is 4.79 Å². The van der Waals surface area contributed by atoms with Crippen LogP contribution in [0.15, 0.2) is 24.8 Å². The van der Waals surface area contributed by atoms with E-state index in [9.17, 15) is 4.79 Å². The SMILES string of the molecule is C=C1CC=C(CC(=O)CC)c2c(C)c(C)c(C)c(C)c2C1=C. The fraction of sp³-hybridized carbons (Fsp3) is 0.381. The monoisotopic (exact) mass is 294 g/mol. The van der Waals surface area contributed by atoms with Crippen molar-refractivity contribution in [1.82, 2.24) is 0 Å². The highest BCUT2D eigenvalue weighted by Gasteiger charge is 2.23. The van der Waals surface area contributed by atoms with Crippen LogP contribution >= 0.6 is 0 Å². The summed E-state index contributed by atoms with van der Waals surface area (Å²) in [7, 11) is 0. The first kappa shape index (κ1) is 16.5. The molecule has 1 aliphatic rings. The first-order chi connectivity index (χ1) is 10.3. The molecule has 0 aliphatic heterocycles. The predicted octanol–water partition coefficient (Wildman–Crippen LogP) is 5.65. The average molecular weight is 294 g/mol. The minimum atomic E-state index is 0.283. The summed E-state index contributed by atoms with van der Waals surface area (Å²) in [5, 5.41) is 0. The summed E-state index contributed by atoms with van der Waals surface area (Å²) in [4.78, 5) is 12.0. The summed E-state index contributed by atoms with van der Waals surface area (Å²) >= 11 is 0. The second kappa shape index (κ2) is 6.08. The molecule has 1 aliphatic carbocycles. The first-order valence-electron chi connectivity index (χ1n) is 7.98. The lowest BCUT2D eigenvalue weighted by molar-refractivity contribution is -0.117. The van der Waals surface area contributed by atoms with Gasteiger partial charge in [-0.05, 0) is 84.2 Å². The zero-order valence-electron chi connectivity index (χ0n) is 14.5.